The average Bonchev–Trinajstić information content (AvgIpc) is 4.08. The maximum atomic E-state index is 14.2. The molecule has 8 nitrogen and oxygen atoms in total. The number of hydrogen-bond acceptors (Lipinski definition) is 5. The van der Waals surface area contributed by atoms with Gasteiger partial charge in [0.2, 0.25) is 5.91 Å². The molecule has 2 N–H and O–H groups in total. The van der Waals surface area contributed by atoms with Crippen LogP contribution < -0.4 is 4.90 Å². The van der Waals surface area contributed by atoms with Gasteiger partial charge >= 0.3 is 0 Å². The Kier molecular flexibility index (Phi) is 8.27. The van der Waals surface area contributed by atoms with E-state index >= 15 is 0 Å². The molecule has 4 aromatic rings. The van der Waals surface area contributed by atoms with Crippen LogP contribution in [0.2, 0.25) is 0 Å². The first-order chi connectivity index (χ1) is 26.0. The van der Waals surface area contributed by atoms with Gasteiger partial charge in [-0.25, -0.2) is 9.97 Å². The second-order valence-corrected chi connectivity index (χ2v) is 17.3. The fourth-order valence-corrected chi connectivity index (χ4v) is 10.8. The van der Waals surface area contributed by atoms with Crippen LogP contribution >= 0.6 is 0 Å². The number of rotatable bonds is 11. The average molecular weight is 712 g/mol. The number of imidazole rings is 2. The Hall–Kier alpha value is -4.04. The third-order valence-corrected chi connectivity index (χ3v) is 14.0. The predicted octanol–water partition coefficient (Wildman–Crippen LogP) is 6.98. The number of aliphatic hydroxyl groups excluding tert-OH is 1. The lowest BCUT2D eigenvalue weighted by Crippen LogP contribution is -2.32. The summed E-state index contributed by atoms with van der Waals surface area (Å²) in [6.45, 7) is 1.51. The number of anilines is 1. The number of nitrogens with one attached hydrogen (secondary N) is 1. The van der Waals surface area contributed by atoms with Crippen molar-refractivity contribution in [3.63, 3.8) is 0 Å². The number of nitrogens with zero attached hydrogens (tertiary/aromatic N) is 4. The van der Waals surface area contributed by atoms with Crippen molar-refractivity contribution in [3.05, 3.63) is 99.1 Å². The van der Waals surface area contributed by atoms with E-state index in [1.807, 2.05) is 11.0 Å². The summed E-state index contributed by atoms with van der Waals surface area (Å²) in [6, 6.07) is 15.4. The second kappa shape index (κ2) is 13.1. The number of para-hydroxylation sites is 1. The molecule has 0 bridgehead atoms. The number of unbranched alkanes of at least 4 members (excludes halogenated alkanes) is 1. The first kappa shape index (κ1) is 33.5. The Morgan fingerprint density at radius 3 is 2.55 bits per heavy atom. The molecule has 2 atom stereocenters. The maximum Gasteiger partial charge on any atom is 0.238 e. The second-order valence-electron chi connectivity index (χ2n) is 17.3. The molecule has 2 unspecified atom stereocenters. The minimum atomic E-state index is -0.312. The van der Waals surface area contributed by atoms with Gasteiger partial charge in [0.1, 0.15) is 17.4 Å². The first-order valence-corrected chi connectivity index (χ1v) is 20.8. The van der Waals surface area contributed by atoms with E-state index in [-0.39, 0.29) is 29.3 Å². The zero-order valence-electron chi connectivity index (χ0n) is 31.1. The fourth-order valence-electron chi connectivity index (χ4n) is 10.8. The Morgan fingerprint density at radius 1 is 0.868 bits per heavy atom. The van der Waals surface area contributed by atoms with E-state index < -0.39 is 0 Å². The molecule has 6 aliphatic rings. The van der Waals surface area contributed by atoms with Gasteiger partial charge in [0.15, 0.2) is 0 Å². The third-order valence-electron chi connectivity index (χ3n) is 14.0. The molecule has 276 valence electrons. The van der Waals surface area contributed by atoms with E-state index in [1.165, 1.54) is 57.9 Å². The standard InChI is InChI=1S/C45H53N5O3/c51-24-6-5-23-49-39-17-12-30(27-37(39)48-41(49)28-50-38-10-4-1-7-33(38)45(21-22-45)43(50)53)25-29-11-13-31-14-15-32(42(52)44(19-20-44)34(31)26-29)16-18-40-46-35-8-2-3-9-36(35)47-40/h1,4,7,10-11,13,26,30,32,51H,2-3,5-6,8-9,12,14-25,27-28H2,(H,46,47). The van der Waals surface area contributed by atoms with Gasteiger partial charge in [-0.15, -0.1) is 0 Å². The molecule has 2 spiro atoms. The number of H-pyrrole nitrogens is 1. The number of amides is 1. The van der Waals surface area contributed by atoms with Crippen LogP contribution in [0, 0.1) is 11.8 Å². The Morgan fingerprint density at radius 2 is 1.72 bits per heavy atom. The molecule has 5 aliphatic carbocycles. The minimum Gasteiger partial charge on any atom is -0.396 e. The lowest BCUT2D eigenvalue weighted by atomic mass is 9.81. The van der Waals surface area contributed by atoms with Crippen LogP contribution in [-0.2, 0) is 78.5 Å². The molecule has 1 amide bonds. The summed E-state index contributed by atoms with van der Waals surface area (Å²) in [6.07, 6.45) is 17.9. The van der Waals surface area contributed by atoms with Gasteiger partial charge < -0.3 is 19.6 Å². The summed E-state index contributed by atoms with van der Waals surface area (Å²) in [4.78, 5) is 43.9. The summed E-state index contributed by atoms with van der Waals surface area (Å²) < 4.78 is 2.39. The molecule has 2 fully saturated rings. The summed E-state index contributed by atoms with van der Waals surface area (Å²) in [5, 5.41) is 9.56. The zero-order valence-corrected chi connectivity index (χ0v) is 31.1. The van der Waals surface area contributed by atoms with E-state index in [0.717, 1.165) is 127 Å². The fraction of sp³-hybridized carbons (Fsp3) is 0.556. The van der Waals surface area contributed by atoms with Crippen molar-refractivity contribution in [1.82, 2.24) is 19.5 Å². The SMILES string of the molecule is O=C1C(CCc2nc3c([nH]2)CCCC3)CCc2ccc(CC3CCc4c(nc(CN5C(=O)C6(CC6)c6ccccc65)n4CCCCO)C3)cc2C12CC2. The van der Waals surface area contributed by atoms with Gasteiger partial charge in [-0.2, -0.15) is 0 Å². The molecule has 1 aliphatic heterocycles. The van der Waals surface area contributed by atoms with Crippen molar-refractivity contribution < 1.29 is 14.7 Å². The number of aryl methyl sites for hydroxylation is 4. The molecule has 3 heterocycles. The van der Waals surface area contributed by atoms with Crippen molar-refractivity contribution in [2.45, 2.75) is 139 Å². The first-order valence-electron chi connectivity index (χ1n) is 20.8. The maximum absolute atomic E-state index is 14.2. The smallest absolute Gasteiger partial charge is 0.238 e. The van der Waals surface area contributed by atoms with Crippen molar-refractivity contribution in [2.75, 3.05) is 11.5 Å². The number of fused-ring (bicyclic) bond motifs is 6. The summed E-state index contributed by atoms with van der Waals surface area (Å²) >= 11 is 0. The quantitative estimate of drug-likeness (QED) is 0.164. The van der Waals surface area contributed by atoms with Gasteiger partial charge in [0.05, 0.1) is 28.8 Å². The highest BCUT2D eigenvalue weighted by Gasteiger charge is 2.59. The van der Waals surface area contributed by atoms with Crippen molar-refractivity contribution in [1.29, 1.82) is 0 Å². The number of Topliss-reactive ketones (excluding diaryl/α,β-unsaturated/α-hetero) is 1. The van der Waals surface area contributed by atoms with Crippen molar-refractivity contribution in [3.8, 4) is 0 Å². The van der Waals surface area contributed by atoms with Gasteiger partial charge in [-0.05, 0) is 143 Å². The van der Waals surface area contributed by atoms with Crippen LogP contribution in [0.25, 0.3) is 0 Å². The number of carbonyl (C=O) groups excluding carboxylic acids is 2. The van der Waals surface area contributed by atoms with Gasteiger partial charge in [-0.3, -0.25) is 9.59 Å². The molecule has 10 rings (SSSR count). The Labute approximate surface area is 312 Å². The molecule has 0 saturated heterocycles. The van der Waals surface area contributed by atoms with Crippen molar-refractivity contribution >= 4 is 17.4 Å². The summed E-state index contributed by atoms with van der Waals surface area (Å²) in [7, 11) is 0. The number of carbonyl (C=O) groups is 2. The number of aliphatic hydroxyl groups is 1. The van der Waals surface area contributed by atoms with Crippen LogP contribution in [0.15, 0.2) is 42.5 Å². The van der Waals surface area contributed by atoms with E-state index in [0.29, 0.717) is 18.2 Å². The van der Waals surface area contributed by atoms with Crippen LogP contribution in [0.1, 0.15) is 127 Å². The van der Waals surface area contributed by atoms with Crippen LogP contribution in [0.3, 0.4) is 0 Å². The highest BCUT2D eigenvalue weighted by Crippen LogP contribution is 2.58. The summed E-state index contributed by atoms with van der Waals surface area (Å²) in [5.41, 5.74) is 10.8. The number of benzene rings is 2. The summed E-state index contributed by atoms with van der Waals surface area (Å²) in [5.74, 6) is 3.37. The van der Waals surface area contributed by atoms with E-state index in [4.69, 9.17) is 9.97 Å². The molecule has 8 heteroatoms. The monoisotopic (exact) mass is 711 g/mol. The van der Waals surface area contributed by atoms with E-state index in [9.17, 15) is 14.7 Å². The normalized spacial score (nSPS) is 23.2. The lowest BCUT2D eigenvalue weighted by molar-refractivity contribution is -0.125. The molecule has 2 aromatic carbocycles. The zero-order chi connectivity index (χ0) is 35.7. The van der Waals surface area contributed by atoms with Crippen LogP contribution in [0.5, 0.6) is 0 Å². The Bertz CT molecular complexity index is 2060. The van der Waals surface area contributed by atoms with E-state index in [1.54, 1.807) is 0 Å². The number of aromatic nitrogens is 4. The number of aromatic amines is 1. The third kappa shape index (κ3) is 5.73. The highest BCUT2D eigenvalue weighted by molar-refractivity contribution is 6.10. The van der Waals surface area contributed by atoms with E-state index in [2.05, 4.69) is 45.9 Å². The van der Waals surface area contributed by atoms with Crippen LogP contribution in [-0.4, -0.2) is 42.9 Å². The topological polar surface area (TPSA) is 104 Å². The number of hydrogen-bond donors (Lipinski definition) is 2. The molecular formula is C45H53N5O3. The lowest BCUT2D eigenvalue weighted by Gasteiger charge is -2.24. The molecule has 53 heavy (non-hydrogen) atoms. The number of ketones is 1. The van der Waals surface area contributed by atoms with Gasteiger partial charge in [0.25, 0.3) is 0 Å². The van der Waals surface area contributed by atoms with Crippen LogP contribution in [0.4, 0.5) is 5.69 Å². The van der Waals surface area contributed by atoms with Gasteiger partial charge in [0, 0.05) is 42.6 Å². The molecule has 0 radical (unpaired) electrons. The largest absolute Gasteiger partial charge is 0.396 e. The molecule has 2 aromatic heterocycles. The van der Waals surface area contributed by atoms with Gasteiger partial charge in [-0.1, -0.05) is 36.4 Å². The molecule has 2 saturated carbocycles. The minimum absolute atomic E-state index is 0.105. The van der Waals surface area contributed by atoms with Crippen molar-refractivity contribution in [2.24, 2.45) is 11.8 Å². The predicted molar refractivity (Wildman–Crippen MR) is 204 cm³/mol. The highest BCUT2D eigenvalue weighted by atomic mass is 16.3. The Balaban J connectivity index is 0.849. The molecular weight excluding hydrogens is 659 g/mol.